The van der Waals surface area contributed by atoms with Crippen LogP contribution in [-0.4, -0.2) is 65.6 Å². The summed E-state index contributed by atoms with van der Waals surface area (Å²) in [4.78, 5) is 55.6. The molecule has 0 spiro atoms. The Kier molecular flexibility index (Phi) is 12.2. The summed E-state index contributed by atoms with van der Waals surface area (Å²) in [5, 5.41) is 17.7. The minimum Gasteiger partial charge on any atom is -0.681 e. The first-order valence-corrected chi connectivity index (χ1v) is 18.0. The molecule has 11 heteroatoms. The Morgan fingerprint density at radius 1 is 1.00 bits per heavy atom. The maximum absolute atomic E-state index is 14.2. The van der Waals surface area contributed by atoms with Crippen LogP contribution in [0.5, 0.6) is 0 Å². The van der Waals surface area contributed by atoms with Gasteiger partial charge in [0.2, 0.25) is 0 Å². The summed E-state index contributed by atoms with van der Waals surface area (Å²) < 4.78 is 10.8. The molecule has 2 aliphatic heterocycles. The van der Waals surface area contributed by atoms with Gasteiger partial charge in [0.15, 0.2) is 5.78 Å². The monoisotopic (exact) mass is 726 g/mol. The molecule has 274 valence electrons. The maximum Gasteiger partial charge on any atom is 2.00 e. The summed E-state index contributed by atoms with van der Waals surface area (Å²) in [5.74, 6) is -3.03. The molecule has 1 aliphatic carbocycles. The van der Waals surface area contributed by atoms with Crippen LogP contribution < -0.4 is 36.2 Å². The van der Waals surface area contributed by atoms with Crippen molar-refractivity contribution in [2.75, 3.05) is 13.7 Å². The summed E-state index contributed by atoms with van der Waals surface area (Å²) in [7, 11) is 1.27. The van der Waals surface area contributed by atoms with Gasteiger partial charge >= 0.3 is 35.0 Å². The number of carbonyl (C=O) groups is 3. The fraction of sp³-hybridized carbons (Fsp3) is 0.405. The van der Waals surface area contributed by atoms with E-state index in [4.69, 9.17) is 29.7 Å². The van der Waals surface area contributed by atoms with Crippen LogP contribution in [0, 0.1) is 31.6 Å². The number of carbonyl (C=O) groups excluding carboxylic acids is 3. The number of rotatable bonds is 10. The Morgan fingerprint density at radius 2 is 1.74 bits per heavy atom. The second-order valence-electron chi connectivity index (χ2n) is 13.9. The fourth-order valence-electron chi connectivity index (χ4n) is 7.98. The van der Waals surface area contributed by atoms with E-state index in [2.05, 4.69) is 20.4 Å². The molecule has 10 nitrogen and oxygen atoms in total. The van der Waals surface area contributed by atoms with Crippen LogP contribution in [0.15, 0.2) is 23.9 Å². The van der Waals surface area contributed by atoms with E-state index >= 15 is 0 Å². The van der Waals surface area contributed by atoms with Crippen LogP contribution in [0.1, 0.15) is 103 Å². The average Bonchev–Trinajstić information content (AvgIpc) is 3.87. The number of ketones is 1. The largest absolute Gasteiger partial charge is 2.00 e. The molecule has 0 saturated carbocycles. The van der Waals surface area contributed by atoms with Crippen LogP contribution >= 0.6 is 0 Å². The summed E-state index contributed by atoms with van der Waals surface area (Å²) in [6, 6.07) is -0.643. The summed E-state index contributed by atoms with van der Waals surface area (Å²) in [6.45, 7) is 16.2. The van der Waals surface area contributed by atoms with Crippen molar-refractivity contribution in [1.82, 2.24) is 15.0 Å². The normalized spacial score (nSPS) is 22.9. The first kappa shape index (κ1) is 39.7. The van der Waals surface area contributed by atoms with E-state index in [1.54, 1.807) is 6.08 Å². The Hall–Kier alpha value is -4.48. The van der Waals surface area contributed by atoms with Crippen LogP contribution in [0.3, 0.4) is 0 Å². The number of hydrogen-bond acceptors (Lipinski definition) is 6. The molecule has 1 unspecified atom stereocenters. The third-order valence-corrected chi connectivity index (χ3v) is 10.9. The van der Waals surface area contributed by atoms with E-state index in [1.807, 2.05) is 52.0 Å². The van der Waals surface area contributed by atoms with Gasteiger partial charge in [-0.25, -0.2) is 0 Å². The van der Waals surface area contributed by atoms with Gasteiger partial charge in [-0.1, -0.05) is 92.0 Å². The van der Waals surface area contributed by atoms with E-state index in [-0.39, 0.29) is 59.7 Å². The van der Waals surface area contributed by atoms with Gasteiger partial charge in [-0.2, -0.15) is 5.70 Å². The minimum atomic E-state index is -1.21. The van der Waals surface area contributed by atoms with Gasteiger partial charge < -0.3 is 34.8 Å². The van der Waals surface area contributed by atoms with Crippen molar-refractivity contribution in [3.63, 3.8) is 0 Å². The molecule has 3 aromatic heterocycles. The van der Waals surface area contributed by atoms with E-state index in [9.17, 15) is 19.5 Å². The Balaban J connectivity index is 0.00000541. The van der Waals surface area contributed by atoms with E-state index in [0.29, 0.717) is 67.9 Å². The van der Waals surface area contributed by atoms with Crippen molar-refractivity contribution in [3.05, 3.63) is 95.4 Å². The molecular formula is C42H46MgN4O6-2. The van der Waals surface area contributed by atoms with Crippen molar-refractivity contribution in [1.29, 1.82) is 0 Å². The number of Topliss-reactive ketones (excluding diaryl/α,β-unsaturated/α-hetero) is 1. The van der Waals surface area contributed by atoms with E-state index in [0.717, 1.165) is 41.5 Å². The van der Waals surface area contributed by atoms with Crippen LogP contribution in [0.4, 0.5) is 0 Å². The summed E-state index contributed by atoms with van der Waals surface area (Å²) >= 11 is 0. The Labute approximate surface area is 326 Å². The smallest absolute Gasteiger partial charge is 0.681 e. The zero-order valence-corrected chi connectivity index (χ0v) is 33.1. The third kappa shape index (κ3) is 7.13. The number of hydrogen-bond donors (Lipinski definition) is 1. The summed E-state index contributed by atoms with van der Waals surface area (Å²) in [6.07, 6.45) is 13.5. The van der Waals surface area contributed by atoms with Gasteiger partial charge in [0.25, 0.3) is 0 Å². The summed E-state index contributed by atoms with van der Waals surface area (Å²) in [5.41, 5.74) is 7.89. The topological polar surface area (TPSA) is 146 Å². The molecule has 1 fully saturated rings. The standard InChI is InChI=1S/C42H46N4O6.Mg/c1-9-12-21(4)15-16-52-35(48)14-13-27-23(6)30-17-29-22(5)25(10-2)32(43-29)19-34-28(20-47)26(11-3)33(44-34)18-31-24(7)36-40(46-31)37(39(27)45-30)38(41(36)49)42(50)51-8;/h10,15,17-20,23,27,38-39H,2,9,11-14,16H2,1,3-8H3,(H,47,49);/q-4;+2/b21-15-,30-17-,34-19-;/t23-,27-,38+,39?;/m0./s1. The van der Waals surface area contributed by atoms with Gasteiger partial charge in [-0.05, 0) is 68.7 Å². The second-order valence-corrected chi connectivity index (χ2v) is 13.9. The molecule has 1 N–H and O–H groups in total. The van der Waals surface area contributed by atoms with Crippen molar-refractivity contribution in [2.45, 2.75) is 79.7 Å². The Morgan fingerprint density at radius 3 is 2.40 bits per heavy atom. The number of ether oxygens (including phenoxy) is 2. The first-order chi connectivity index (χ1) is 25.0. The third-order valence-electron chi connectivity index (χ3n) is 10.9. The van der Waals surface area contributed by atoms with Crippen molar-refractivity contribution >= 4 is 76.9 Å². The van der Waals surface area contributed by atoms with Gasteiger partial charge in [-0.3, -0.25) is 14.4 Å². The fourth-order valence-corrected chi connectivity index (χ4v) is 7.98. The number of fused-ring (bicyclic) bond motifs is 8. The van der Waals surface area contributed by atoms with Gasteiger partial charge in [-0.15, -0.1) is 33.1 Å². The molecule has 0 amide bonds. The predicted molar refractivity (Wildman–Crippen MR) is 207 cm³/mol. The predicted octanol–water partition coefficient (Wildman–Crippen LogP) is 3.52. The molecule has 53 heavy (non-hydrogen) atoms. The van der Waals surface area contributed by atoms with Gasteiger partial charge in [0.05, 0.1) is 13.4 Å². The molecule has 0 radical (unpaired) electrons. The second kappa shape index (κ2) is 16.3. The van der Waals surface area contributed by atoms with Crippen molar-refractivity contribution < 1.29 is 29.0 Å². The number of aliphatic hydroxyl groups is 1. The number of allylic oxidation sites excluding steroid dienone is 2. The maximum atomic E-state index is 14.2. The van der Waals surface area contributed by atoms with Crippen molar-refractivity contribution in [2.24, 2.45) is 17.8 Å². The molecule has 5 heterocycles. The molecule has 6 rings (SSSR count). The first-order valence-electron chi connectivity index (χ1n) is 18.0. The van der Waals surface area contributed by atoms with Crippen LogP contribution in [-0.2, 0) is 25.5 Å². The number of aliphatic hydroxyl groups excluding tert-OH is 1. The molecule has 3 aliphatic rings. The molecule has 1 saturated heterocycles. The average molecular weight is 727 g/mol. The van der Waals surface area contributed by atoms with Crippen molar-refractivity contribution in [3.8, 4) is 0 Å². The SMILES string of the molecule is C=Cc1c2[n-]c(c1C)/C=C1\[N-]C(C3=c4[n-]/c(c(C)c4C(=O)[C@@H]3C(=O)OC)=C\c3[n-]c(/c(=C/O)c3CC)=C\2)[C@@H](CCC(=O)OC/C=C(/C)CCC)[C@@H]1C.[Mg+2]. The van der Waals surface area contributed by atoms with Crippen LogP contribution in [0.25, 0.3) is 41.5 Å². The molecule has 3 aromatic rings. The molecular weight excluding hydrogens is 681 g/mol. The number of methoxy groups -OCH3 is 1. The molecule has 8 bridgehead atoms. The minimum absolute atomic E-state index is 0. The zero-order valence-electron chi connectivity index (χ0n) is 31.7. The van der Waals surface area contributed by atoms with E-state index < -0.39 is 17.9 Å². The van der Waals surface area contributed by atoms with Gasteiger partial charge in [0.1, 0.15) is 12.5 Å². The molecule has 0 aromatic carbocycles. The molecule has 4 atom stereocenters. The van der Waals surface area contributed by atoms with Gasteiger partial charge in [0, 0.05) is 12.0 Å². The number of aromatic nitrogens is 3. The zero-order chi connectivity index (χ0) is 37.4. The van der Waals surface area contributed by atoms with E-state index in [1.165, 1.54) is 12.7 Å². The number of esters is 2. The number of nitrogens with zero attached hydrogens (tertiary/aromatic N) is 4. The Bertz CT molecular complexity index is 2280. The van der Waals surface area contributed by atoms with Crippen LogP contribution in [0.2, 0.25) is 0 Å². The quantitative estimate of drug-likeness (QED) is 0.144.